The monoisotopic (exact) mass is 207 g/mol. The van der Waals surface area contributed by atoms with Crippen molar-refractivity contribution in [3.05, 3.63) is 35.9 Å². The minimum Gasteiger partial charge on any atom is -0.563 e. The van der Waals surface area contributed by atoms with Crippen molar-refractivity contribution in [3.63, 3.8) is 0 Å². The minimum absolute atomic E-state index is 0.311. The van der Waals surface area contributed by atoms with Crippen LogP contribution in [0.4, 0.5) is 0 Å². The third-order valence-corrected chi connectivity index (χ3v) is 2.57. The van der Waals surface area contributed by atoms with Crippen molar-refractivity contribution in [3.8, 4) is 0 Å². The van der Waals surface area contributed by atoms with Gasteiger partial charge in [0.25, 0.3) is 0 Å². The van der Waals surface area contributed by atoms with Gasteiger partial charge in [0.1, 0.15) is 0 Å². The molecule has 0 amide bonds. The SMILES string of the molecule is O=C([OH2+])C1CN(Cc2ccccc2)CN1. The third kappa shape index (κ3) is 2.55. The van der Waals surface area contributed by atoms with Crippen LogP contribution in [0.1, 0.15) is 5.56 Å². The van der Waals surface area contributed by atoms with Gasteiger partial charge in [-0.25, -0.2) is 0 Å². The number of carbonyl (C=O) groups excluding carboxylic acids is 1. The summed E-state index contributed by atoms with van der Waals surface area (Å²) in [7, 11) is 0. The average molecular weight is 207 g/mol. The summed E-state index contributed by atoms with van der Waals surface area (Å²) in [4.78, 5) is 13.0. The van der Waals surface area contributed by atoms with Crippen LogP contribution in [-0.2, 0) is 11.3 Å². The maximum absolute atomic E-state index is 10.8. The zero-order chi connectivity index (χ0) is 10.7. The lowest BCUT2D eigenvalue weighted by molar-refractivity contribution is -0.138. The molecule has 4 heteroatoms. The van der Waals surface area contributed by atoms with Crippen LogP contribution in [-0.4, -0.2) is 35.2 Å². The fourth-order valence-corrected chi connectivity index (χ4v) is 1.76. The van der Waals surface area contributed by atoms with Gasteiger partial charge in [-0.2, -0.15) is 0 Å². The van der Waals surface area contributed by atoms with E-state index in [0.29, 0.717) is 13.2 Å². The Morgan fingerprint density at radius 3 is 2.80 bits per heavy atom. The average Bonchev–Trinajstić information content (AvgIpc) is 2.68. The van der Waals surface area contributed by atoms with E-state index in [1.165, 1.54) is 5.56 Å². The second-order valence-electron chi connectivity index (χ2n) is 3.78. The summed E-state index contributed by atoms with van der Waals surface area (Å²) in [6.07, 6.45) is 0. The molecule has 1 aliphatic heterocycles. The Kier molecular flexibility index (Phi) is 2.99. The molecular formula is C11H15N2O2+. The Bertz CT molecular complexity index is 340. The molecule has 15 heavy (non-hydrogen) atoms. The molecule has 2 rings (SSSR count). The molecule has 1 aromatic carbocycles. The number of nitrogens with one attached hydrogen (secondary N) is 1. The van der Waals surface area contributed by atoms with Gasteiger partial charge in [-0.15, -0.1) is 0 Å². The first-order valence-corrected chi connectivity index (χ1v) is 5.01. The van der Waals surface area contributed by atoms with E-state index in [4.69, 9.17) is 5.11 Å². The van der Waals surface area contributed by atoms with Crippen molar-refractivity contribution in [1.29, 1.82) is 0 Å². The molecule has 1 fully saturated rings. The Morgan fingerprint density at radius 2 is 2.20 bits per heavy atom. The van der Waals surface area contributed by atoms with Crippen LogP contribution in [0.3, 0.4) is 0 Å². The standard InChI is InChI=1S/C11H14N2O2/c14-11(15)10-7-13(8-12-10)6-9-4-2-1-3-5-9/h1-5,10,12H,6-8H2,(H,14,15)/p+1. The fourth-order valence-electron chi connectivity index (χ4n) is 1.76. The number of hydrogen-bond donors (Lipinski definition) is 1. The molecule has 0 radical (unpaired) electrons. The lowest BCUT2D eigenvalue weighted by atomic mass is 10.2. The molecule has 1 unspecified atom stereocenters. The highest BCUT2D eigenvalue weighted by molar-refractivity contribution is 5.74. The maximum Gasteiger partial charge on any atom is 0.534 e. The molecule has 1 heterocycles. The molecule has 80 valence electrons. The zero-order valence-electron chi connectivity index (χ0n) is 8.44. The largest absolute Gasteiger partial charge is 0.563 e. The van der Waals surface area contributed by atoms with E-state index < -0.39 is 5.97 Å². The number of nitrogens with zero attached hydrogens (tertiary/aromatic N) is 1. The van der Waals surface area contributed by atoms with Crippen molar-refractivity contribution < 1.29 is 9.90 Å². The van der Waals surface area contributed by atoms with E-state index in [0.717, 1.165) is 6.54 Å². The predicted molar refractivity (Wildman–Crippen MR) is 57.3 cm³/mol. The smallest absolute Gasteiger partial charge is 0.534 e. The maximum atomic E-state index is 10.8. The molecule has 0 aliphatic carbocycles. The van der Waals surface area contributed by atoms with Crippen LogP contribution in [0.5, 0.6) is 0 Å². The number of rotatable bonds is 3. The Hall–Kier alpha value is -1.39. The van der Waals surface area contributed by atoms with Gasteiger partial charge in [-0.1, -0.05) is 30.3 Å². The van der Waals surface area contributed by atoms with Gasteiger partial charge < -0.3 is 5.11 Å². The quantitative estimate of drug-likeness (QED) is 0.690. The molecule has 4 nitrogen and oxygen atoms in total. The summed E-state index contributed by atoms with van der Waals surface area (Å²) >= 11 is 0. The van der Waals surface area contributed by atoms with Gasteiger partial charge in [-0.3, -0.25) is 10.2 Å². The van der Waals surface area contributed by atoms with E-state index in [9.17, 15) is 4.79 Å². The van der Waals surface area contributed by atoms with Crippen LogP contribution in [0.15, 0.2) is 30.3 Å². The second kappa shape index (κ2) is 4.42. The van der Waals surface area contributed by atoms with Crippen molar-refractivity contribution >= 4 is 5.97 Å². The summed E-state index contributed by atoms with van der Waals surface area (Å²) in [6, 6.07) is 9.82. The van der Waals surface area contributed by atoms with E-state index in [1.54, 1.807) is 0 Å². The van der Waals surface area contributed by atoms with Crippen molar-refractivity contribution in [2.75, 3.05) is 13.2 Å². The normalized spacial score (nSPS) is 21.7. The summed E-state index contributed by atoms with van der Waals surface area (Å²) in [5.41, 5.74) is 1.23. The Labute approximate surface area is 88.5 Å². The Balaban J connectivity index is 1.90. The lowest BCUT2D eigenvalue weighted by Gasteiger charge is -2.13. The first-order valence-electron chi connectivity index (χ1n) is 5.01. The highest BCUT2D eigenvalue weighted by atomic mass is 16.4. The highest BCUT2D eigenvalue weighted by Gasteiger charge is 2.32. The molecule has 1 aliphatic rings. The molecule has 1 atom stereocenters. The van der Waals surface area contributed by atoms with Crippen LogP contribution in [0.25, 0.3) is 0 Å². The van der Waals surface area contributed by atoms with E-state index in [-0.39, 0.29) is 6.04 Å². The van der Waals surface area contributed by atoms with E-state index in [1.807, 2.05) is 18.2 Å². The summed E-state index contributed by atoms with van der Waals surface area (Å²) in [5, 5.41) is 10.0. The summed E-state index contributed by atoms with van der Waals surface area (Å²) in [5.74, 6) is -0.523. The number of hydrogen-bond acceptors (Lipinski definition) is 3. The van der Waals surface area contributed by atoms with E-state index in [2.05, 4.69) is 22.3 Å². The molecule has 3 N–H and O–H groups in total. The summed E-state index contributed by atoms with van der Waals surface area (Å²) < 4.78 is 0. The van der Waals surface area contributed by atoms with Gasteiger partial charge in [0, 0.05) is 24.6 Å². The molecule has 0 bridgehead atoms. The molecule has 1 aromatic rings. The number of carbonyl (C=O) groups is 1. The molecule has 0 spiro atoms. The van der Waals surface area contributed by atoms with Crippen LogP contribution < -0.4 is 5.32 Å². The molecule has 0 aromatic heterocycles. The second-order valence-corrected chi connectivity index (χ2v) is 3.78. The van der Waals surface area contributed by atoms with Crippen molar-refractivity contribution in [2.24, 2.45) is 0 Å². The lowest BCUT2D eigenvalue weighted by Crippen LogP contribution is -2.32. The van der Waals surface area contributed by atoms with Crippen LogP contribution >= 0.6 is 0 Å². The molecule has 1 saturated heterocycles. The van der Waals surface area contributed by atoms with Gasteiger partial charge in [0.05, 0.1) is 0 Å². The fraction of sp³-hybridized carbons (Fsp3) is 0.364. The third-order valence-electron chi connectivity index (χ3n) is 2.57. The van der Waals surface area contributed by atoms with Gasteiger partial charge in [0.2, 0.25) is 0 Å². The van der Waals surface area contributed by atoms with Gasteiger partial charge in [-0.05, 0) is 5.56 Å². The topological polar surface area (TPSA) is 55.2 Å². The van der Waals surface area contributed by atoms with E-state index >= 15 is 0 Å². The van der Waals surface area contributed by atoms with Crippen molar-refractivity contribution in [1.82, 2.24) is 10.2 Å². The minimum atomic E-state index is -0.523. The summed E-state index contributed by atoms with van der Waals surface area (Å²) in [6.45, 7) is 2.15. The first-order chi connectivity index (χ1) is 7.25. The molecule has 0 saturated carbocycles. The predicted octanol–water partition coefficient (Wildman–Crippen LogP) is -0.331. The van der Waals surface area contributed by atoms with Crippen LogP contribution in [0, 0.1) is 0 Å². The number of benzene rings is 1. The van der Waals surface area contributed by atoms with Crippen LogP contribution in [0.2, 0.25) is 0 Å². The van der Waals surface area contributed by atoms with Gasteiger partial charge in [0.15, 0.2) is 6.04 Å². The van der Waals surface area contributed by atoms with Crippen molar-refractivity contribution in [2.45, 2.75) is 12.6 Å². The highest BCUT2D eigenvalue weighted by Crippen LogP contribution is 2.08. The zero-order valence-corrected chi connectivity index (χ0v) is 8.44. The first kappa shape index (κ1) is 10.1. The molecular weight excluding hydrogens is 192 g/mol. The Morgan fingerprint density at radius 1 is 1.47 bits per heavy atom. The van der Waals surface area contributed by atoms with Gasteiger partial charge >= 0.3 is 5.97 Å².